The smallest absolute Gasteiger partial charge is 0.159 e. The van der Waals surface area contributed by atoms with Crippen LogP contribution in [0, 0.1) is 11.3 Å². The summed E-state index contributed by atoms with van der Waals surface area (Å²) in [6.45, 7) is 8.40. The third kappa shape index (κ3) is 2.83. The Balaban J connectivity index is 2.19. The van der Waals surface area contributed by atoms with Crippen molar-refractivity contribution < 1.29 is 9.53 Å². The van der Waals surface area contributed by atoms with Gasteiger partial charge in [0, 0.05) is 12.0 Å². The summed E-state index contributed by atoms with van der Waals surface area (Å²) >= 11 is 0. The van der Waals surface area contributed by atoms with Crippen LogP contribution in [0.1, 0.15) is 47.0 Å². The van der Waals surface area contributed by atoms with Crippen LogP contribution >= 0.6 is 0 Å². The molecule has 102 valence electrons. The number of hydrogen-bond acceptors (Lipinski definition) is 3. The van der Waals surface area contributed by atoms with Crippen LogP contribution in [0.5, 0.6) is 0 Å². The first-order chi connectivity index (χ1) is 8.23. The maximum absolute atomic E-state index is 12.0. The fraction of sp³-hybridized carbons (Fsp3) is 0.800. The minimum absolute atomic E-state index is 0.00619. The number of carbonyl (C=O) groups is 1. The SMILES string of the molecule is C[C@H]1C(=O)/C=C/C(C)(C)C[C@H]2O[C@]2(C)CC[C@H]1N. The Kier molecular flexibility index (Phi) is 3.41. The van der Waals surface area contributed by atoms with E-state index < -0.39 is 0 Å². The molecule has 1 saturated heterocycles. The van der Waals surface area contributed by atoms with Gasteiger partial charge in [0.05, 0.1) is 11.7 Å². The second kappa shape index (κ2) is 4.46. The second-order valence-electron chi connectivity index (χ2n) is 6.84. The first-order valence-corrected chi connectivity index (χ1v) is 6.90. The van der Waals surface area contributed by atoms with Crippen LogP contribution in [0.3, 0.4) is 0 Å². The quantitative estimate of drug-likeness (QED) is 0.673. The van der Waals surface area contributed by atoms with Gasteiger partial charge >= 0.3 is 0 Å². The summed E-state index contributed by atoms with van der Waals surface area (Å²) < 4.78 is 5.85. The number of hydrogen-bond donors (Lipinski definition) is 1. The molecule has 4 atom stereocenters. The molecule has 1 fully saturated rings. The fourth-order valence-electron chi connectivity index (χ4n) is 2.69. The average Bonchev–Trinajstić information content (AvgIpc) is 2.91. The van der Waals surface area contributed by atoms with Gasteiger partial charge in [-0.1, -0.05) is 26.8 Å². The number of ether oxygens (including phenoxy) is 1. The summed E-state index contributed by atoms with van der Waals surface area (Å²) in [4.78, 5) is 12.0. The third-order valence-corrected chi connectivity index (χ3v) is 4.51. The van der Waals surface area contributed by atoms with Crippen LogP contribution in [-0.2, 0) is 9.53 Å². The Morgan fingerprint density at radius 1 is 1.39 bits per heavy atom. The van der Waals surface area contributed by atoms with Crippen molar-refractivity contribution in [2.24, 2.45) is 17.1 Å². The molecule has 0 aromatic heterocycles. The average molecular weight is 251 g/mol. The molecule has 1 aliphatic heterocycles. The highest BCUT2D eigenvalue weighted by molar-refractivity contribution is 5.92. The molecule has 0 bridgehead atoms. The Morgan fingerprint density at radius 2 is 2.06 bits per heavy atom. The van der Waals surface area contributed by atoms with Crippen molar-refractivity contribution in [3.05, 3.63) is 12.2 Å². The molecule has 0 saturated carbocycles. The van der Waals surface area contributed by atoms with Crippen LogP contribution < -0.4 is 5.73 Å². The summed E-state index contributed by atoms with van der Waals surface area (Å²) in [7, 11) is 0. The van der Waals surface area contributed by atoms with E-state index in [1.165, 1.54) is 0 Å². The molecule has 2 aliphatic rings. The van der Waals surface area contributed by atoms with Crippen molar-refractivity contribution >= 4 is 5.78 Å². The molecule has 1 heterocycles. The third-order valence-electron chi connectivity index (χ3n) is 4.51. The fourth-order valence-corrected chi connectivity index (χ4v) is 2.69. The van der Waals surface area contributed by atoms with E-state index in [2.05, 4.69) is 20.8 Å². The summed E-state index contributed by atoms with van der Waals surface area (Å²) in [5, 5.41) is 0. The first kappa shape index (κ1) is 13.8. The highest BCUT2D eigenvalue weighted by atomic mass is 16.6. The van der Waals surface area contributed by atoms with E-state index >= 15 is 0 Å². The molecule has 0 unspecified atom stereocenters. The van der Waals surface area contributed by atoms with Gasteiger partial charge in [-0.05, 0) is 37.7 Å². The van der Waals surface area contributed by atoms with Gasteiger partial charge in [0.25, 0.3) is 0 Å². The predicted molar refractivity (Wildman–Crippen MR) is 72.2 cm³/mol. The molecule has 3 nitrogen and oxygen atoms in total. The van der Waals surface area contributed by atoms with Gasteiger partial charge in [-0.25, -0.2) is 0 Å². The van der Waals surface area contributed by atoms with E-state index in [1.54, 1.807) is 6.08 Å². The standard InChI is InChI=1S/C15H25NO2/c1-10-11(16)5-8-15(4)13(18-15)9-14(2,3)7-6-12(10)17/h6-7,10-11,13H,5,8-9,16H2,1-4H3/b7-6+/t10-,11-,13-,15-/m1/s1. The monoisotopic (exact) mass is 251 g/mol. The molecule has 18 heavy (non-hydrogen) atoms. The van der Waals surface area contributed by atoms with Crippen molar-refractivity contribution in [3.63, 3.8) is 0 Å². The van der Waals surface area contributed by atoms with Crippen molar-refractivity contribution in [1.29, 1.82) is 0 Å². The Hall–Kier alpha value is -0.670. The molecular weight excluding hydrogens is 226 g/mol. The van der Waals surface area contributed by atoms with E-state index in [0.717, 1.165) is 19.3 Å². The van der Waals surface area contributed by atoms with Crippen LogP contribution in [0.15, 0.2) is 12.2 Å². The Morgan fingerprint density at radius 3 is 2.72 bits per heavy atom. The van der Waals surface area contributed by atoms with Crippen LogP contribution in [0.25, 0.3) is 0 Å². The molecule has 1 aliphatic carbocycles. The number of allylic oxidation sites excluding steroid dienone is 2. The zero-order valence-corrected chi connectivity index (χ0v) is 11.9. The molecular formula is C15H25NO2. The summed E-state index contributed by atoms with van der Waals surface area (Å²) in [5.74, 6) is 0.0492. The number of epoxide rings is 1. The number of carbonyl (C=O) groups excluding carboxylic acids is 1. The number of fused-ring (bicyclic) bond motifs is 1. The highest BCUT2D eigenvalue weighted by Gasteiger charge is 2.53. The summed E-state index contributed by atoms with van der Waals surface area (Å²) in [6.07, 6.45) is 6.83. The molecule has 0 radical (unpaired) electrons. The molecule has 3 heteroatoms. The van der Waals surface area contributed by atoms with Crippen molar-refractivity contribution in [2.45, 2.75) is 64.7 Å². The first-order valence-electron chi connectivity index (χ1n) is 6.90. The van der Waals surface area contributed by atoms with Gasteiger partial charge < -0.3 is 10.5 Å². The lowest BCUT2D eigenvalue weighted by molar-refractivity contribution is -0.118. The van der Waals surface area contributed by atoms with E-state index in [1.807, 2.05) is 13.0 Å². The Labute approximate surface area is 110 Å². The normalized spacial score (nSPS) is 45.8. The van der Waals surface area contributed by atoms with Crippen molar-refractivity contribution in [3.8, 4) is 0 Å². The zero-order valence-electron chi connectivity index (χ0n) is 11.9. The zero-order chi connectivity index (χ0) is 13.6. The topological polar surface area (TPSA) is 55.6 Å². The lowest BCUT2D eigenvalue weighted by Crippen LogP contribution is -2.34. The molecule has 0 amide bonds. The maximum atomic E-state index is 12.0. The Bertz CT molecular complexity index is 375. The van der Waals surface area contributed by atoms with Gasteiger partial charge in [-0.15, -0.1) is 0 Å². The second-order valence-corrected chi connectivity index (χ2v) is 6.84. The van der Waals surface area contributed by atoms with E-state index in [4.69, 9.17) is 10.5 Å². The van der Waals surface area contributed by atoms with Crippen LogP contribution in [-0.4, -0.2) is 23.5 Å². The van der Waals surface area contributed by atoms with E-state index in [0.29, 0.717) is 6.10 Å². The summed E-state index contributed by atoms with van der Waals surface area (Å²) in [6, 6.07) is -0.0648. The van der Waals surface area contributed by atoms with Crippen LogP contribution in [0.2, 0.25) is 0 Å². The minimum atomic E-state index is -0.101. The lowest BCUT2D eigenvalue weighted by Gasteiger charge is -2.19. The van der Waals surface area contributed by atoms with Crippen molar-refractivity contribution in [2.75, 3.05) is 0 Å². The number of nitrogens with two attached hydrogens (primary N) is 1. The predicted octanol–water partition coefficient (Wildman–Crippen LogP) is 2.44. The van der Waals surface area contributed by atoms with E-state index in [9.17, 15) is 4.79 Å². The van der Waals surface area contributed by atoms with Gasteiger partial charge in [0.1, 0.15) is 0 Å². The maximum Gasteiger partial charge on any atom is 0.159 e. The van der Waals surface area contributed by atoms with Gasteiger partial charge in [-0.3, -0.25) is 4.79 Å². The van der Waals surface area contributed by atoms with Crippen molar-refractivity contribution in [1.82, 2.24) is 0 Å². The highest BCUT2D eigenvalue weighted by Crippen LogP contribution is 2.47. The van der Waals surface area contributed by atoms with Gasteiger partial charge in [0.2, 0.25) is 0 Å². The molecule has 0 aromatic carbocycles. The molecule has 2 rings (SSSR count). The van der Waals surface area contributed by atoms with Gasteiger partial charge in [-0.2, -0.15) is 0 Å². The lowest BCUT2D eigenvalue weighted by atomic mass is 9.84. The minimum Gasteiger partial charge on any atom is -0.366 e. The molecule has 0 spiro atoms. The number of ketones is 1. The largest absolute Gasteiger partial charge is 0.366 e. The number of rotatable bonds is 0. The summed E-state index contributed by atoms with van der Waals surface area (Å²) in [5.41, 5.74) is 6.09. The van der Waals surface area contributed by atoms with Crippen LogP contribution in [0.4, 0.5) is 0 Å². The molecule has 2 N–H and O–H groups in total. The van der Waals surface area contributed by atoms with E-state index in [-0.39, 0.29) is 28.8 Å². The molecule has 0 aromatic rings. The van der Waals surface area contributed by atoms with Gasteiger partial charge in [0.15, 0.2) is 5.78 Å².